The summed E-state index contributed by atoms with van der Waals surface area (Å²) < 4.78 is 9.41. The Hall–Kier alpha value is -5.99. The number of fused-ring (bicyclic) bond motifs is 7. The van der Waals surface area contributed by atoms with Crippen molar-refractivity contribution in [3.63, 3.8) is 0 Å². The van der Waals surface area contributed by atoms with E-state index in [1.165, 1.54) is 78.0 Å². The monoisotopic (exact) mass is 803 g/mol. The number of hydrogen-bond acceptors (Lipinski definition) is 7. The van der Waals surface area contributed by atoms with Gasteiger partial charge in [0.2, 0.25) is 0 Å². The summed E-state index contributed by atoms with van der Waals surface area (Å²) in [6.45, 7) is 9.40. The zero-order valence-electron chi connectivity index (χ0n) is 32.4. The van der Waals surface area contributed by atoms with Crippen molar-refractivity contribution in [1.82, 2.24) is 8.75 Å². The largest absolute Gasteiger partial charge is 0.310 e. The molecule has 0 aliphatic heterocycles. The van der Waals surface area contributed by atoms with Crippen molar-refractivity contribution in [2.24, 2.45) is 0 Å². The first-order valence-electron chi connectivity index (χ1n) is 19.5. The van der Waals surface area contributed by atoms with Gasteiger partial charge in [0, 0.05) is 53.7 Å². The van der Waals surface area contributed by atoms with Gasteiger partial charge < -0.3 is 4.90 Å². The average Bonchev–Trinajstić information content (AvgIpc) is 4.10. The maximum absolute atomic E-state index is 11.4. The molecule has 0 bridgehead atoms. The van der Waals surface area contributed by atoms with Gasteiger partial charge in [0.05, 0.1) is 16.6 Å². The van der Waals surface area contributed by atoms with Crippen LogP contribution in [0.1, 0.15) is 59.6 Å². The number of benzene rings is 6. The van der Waals surface area contributed by atoms with Gasteiger partial charge in [-0.2, -0.15) is 8.75 Å². The third-order valence-corrected chi connectivity index (χ3v) is 15.1. The van der Waals surface area contributed by atoms with E-state index in [1.807, 2.05) is 12.1 Å². The van der Waals surface area contributed by atoms with E-state index in [9.17, 15) is 4.79 Å². The van der Waals surface area contributed by atoms with Gasteiger partial charge in [-0.15, -0.1) is 22.7 Å². The molecule has 4 nitrogen and oxygen atoms in total. The van der Waals surface area contributed by atoms with Crippen molar-refractivity contribution in [3.05, 3.63) is 173 Å². The summed E-state index contributed by atoms with van der Waals surface area (Å²) in [4.78, 5) is 17.9. The van der Waals surface area contributed by atoms with Crippen LogP contribution in [0.5, 0.6) is 0 Å². The highest BCUT2D eigenvalue weighted by Crippen LogP contribution is 2.53. The molecule has 7 heteroatoms. The Morgan fingerprint density at radius 3 is 1.48 bits per heavy atom. The standard InChI is InChI=1S/C51H37N3OS3/c1-50(2)41-11-7-5-9-35(41)37-20-17-32(27-43(37)50)54(33-18-21-38-36-10-6-8-12-42(36)51(3,4)44(38)28-33)31-15-13-30(14-16-31)45-25-26-47(57-45)40-23-22-39(48-49(40)53-58-52-48)46-24-19-34(29-55)56-46/h5-29H,1-4H3. The van der Waals surface area contributed by atoms with E-state index in [0.717, 1.165) is 55.3 Å². The van der Waals surface area contributed by atoms with Crippen LogP contribution in [0.2, 0.25) is 0 Å². The van der Waals surface area contributed by atoms with Crippen LogP contribution in [0.3, 0.4) is 0 Å². The van der Waals surface area contributed by atoms with Crippen molar-refractivity contribution in [1.29, 1.82) is 0 Å². The molecule has 0 saturated heterocycles. The van der Waals surface area contributed by atoms with Gasteiger partial charge in [0.1, 0.15) is 11.0 Å². The molecule has 0 spiro atoms. The third kappa shape index (κ3) is 5.27. The van der Waals surface area contributed by atoms with Crippen LogP contribution < -0.4 is 4.90 Å². The summed E-state index contributed by atoms with van der Waals surface area (Å²) in [5.74, 6) is 0. The second kappa shape index (κ2) is 13.0. The molecule has 2 aliphatic rings. The molecule has 0 saturated carbocycles. The van der Waals surface area contributed by atoms with Gasteiger partial charge in [-0.1, -0.05) is 113 Å². The lowest BCUT2D eigenvalue weighted by Crippen LogP contribution is -2.18. The van der Waals surface area contributed by atoms with E-state index < -0.39 is 0 Å². The number of hydrogen-bond donors (Lipinski definition) is 0. The molecule has 11 rings (SSSR count). The van der Waals surface area contributed by atoms with E-state index in [4.69, 9.17) is 4.37 Å². The van der Waals surface area contributed by atoms with E-state index in [1.54, 1.807) is 11.3 Å². The normalized spacial score (nSPS) is 14.2. The van der Waals surface area contributed by atoms with Crippen molar-refractivity contribution >= 4 is 68.8 Å². The summed E-state index contributed by atoms with van der Waals surface area (Å²) in [5.41, 5.74) is 19.0. The number of carbonyl (C=O) groups excluding carboxylic acids is 1. The molecule has 0 fully saturated rings. The van der Waals surface area contributed by atoms with Gasteiger partial charge in [0.25, 0.3) is 0 Å². The third-order valence-electron chi connectivity index (χ3n) is 12.4. The molecule has 58 heavy (non-hydrogen) atoms. The van der Waals surface area contributed by atoms with Crippen LogP contribution in [-0.2, 0) is 10.8 Å². The van der Waals surface area contributed by atoms with Gasteiger partial charge in [-0.05, 0) is 111 Å². The number of aldehydes is 1. The van der Waals surface area contributed by atoms with Crippen molar-refractivity contribution < 1.29 is 4.79 Å². The van der Waals surface area contributed by atoms with Gasteiger partial charge in [-0.25, -0.2) is 0 Å². The molecule has 2 aliphatic carbocycles. The molecule has 0 unspecified atom stereocenters. The second-order valence-electron chi connectivity index (χ2n) is 16.3. The van der Waals surface area contributed by atoms with E-state index in [2.05, 4.69) is 170 Å². The first-order chi connectivity index (χ1) is 28.2. The van der Waals surface area contributed by atoms with Crippen molar-refractivity contribution in [3.8, 4) is 53.6 Å². The lowest BCUT2D eigenvalue weighted by atomic mass is 9.82. The first kappa shape index (κ1) is 35.2. The smallest absolute Gasteiger partial charge is 0.160 e. The van der Waals surface area contributed by atoms with E-state index >= 15 is 0 Å². The Morgan fingerprint density at radius 2 is 0.931 bits per heavy atom. The number of thiophene rings is 2. The summed E-state index contributed by atoms with van der Waals surface area (Å²) in [5, 5.41) is 0. The lowest BCUT2D eigenvalue weighted by Gasteiger charge is -2.30. The van der Waals surface area contributed by atoms with Crippen LogP contribution in [0.15, 0.2) is 146 Å². The zero-order chi connectivity index (χ0) is 39.3. The fourth-order valence-corrected chi connectivity index (χ4v) is 11.8. The van der Waals surface area contributed by atoms with Gasteiger partial charge >= 0.3 is 0 Å². The predicted octanol–water partition coefficient (Wildman–Crippen LogP) is 14.7. The van der Waals surface area contributed by atoms with E-state index in [0.29, 0.717) is 4.88 Å². The molecular formula is C51H37N3OS3. The van der Waals surface area contributed by atoms with Gasteiger partial charge in [-0.3, -0.25) is 4.79 Å². The molecule has 3 heterocycles. The van der Waals surface area contributed by atoms with Crippen LogP contribution in [-0.4, -0.2) is 15.0 Å². The maximum Gasteiger partial charge on any atom is 0.160 e. The molecule has 0 atom stereocenters. The molecule has 280 valence electrons. The number of nitrogens with zero attached hydrogens (tertiary/aromatic N) is 3. The molecule has 0 radical (unpaired) electrons. The Balaban J connectivity index is 0.982. The molecule has 9 aromatic rings. The summed E-state index contributed by atoms with van der Waals surface area (Å²) in [6.07, 6.45) is 0.899. The average molecular weight is 804 g/mol. The van der Waals surface area contributed by atoms with E-state index in [-0.39, 0.29) is 10.8 Å². The predicted molar refractivity (Wildman–Crippen MR) is 245 cm³/mol. The maximum atomic E-state index is 11.4. The Kier molecular flexibility index (Phi) is 7.90. The van der Waals surface area contributed by atoms with Crippen LogP contribution in [0.4, 0.5) is 17.1 Å². The lowest BCUT2D eigenvalue weighted by molar-refractivity contribution is 0.112. The van der Waals surface area contributed by atoms with Gasteiger partial charge in [0.15, 0.2) is 6.29 Å². The first-order valence-corrected chi connectivity index (χ1v) is 21.9. The summed E-state index contributed by atoms with van der Waals surface area (Å²) >= 11 is 4.48. The quantitative estimate of drug-likeness (QED) is 0.151. The highest BCUT2D eigenvalue weighted by atomic mass is 32.1. The highest BCUT2D eigenvalue weighted by Gasteiger charge is 2.37. The van der Waals surface area contributed by atoms with Crippen LogP contribution in [0.25, 0.3) is 64.6 Å². The van der Waals surface area contributed by atoms with Crippen LogP contribution in [0, 0.1) is 0 Å². The van der Waals surface area contributed by atoms with Crippen LogP contribution >= 0.6 is 34.4 Å². The minimum Gasteiger partial charge on any atom is -0.310 e. The molecule has 0 amide bonds. The topological polar surface area (TPSA) is 46.1 Å². The molecule has 0 N–H and O–H groups in total. The summed E-state index contributed by atoms with van der Waals surface area (Å²) in [7, 11) is 0. The Bertz CT molecular complexity index is 3000. The SMILES string of the molecule is CC1(C)c2ccccc2-c2ccc(N(c3ccc(-c4ccc(-c5ccc(-c6ccc(C=O)s6)c6nsnc56)s4)cc3)c3ccc4c(c3)C(C)(C)c3ccccc3-4)cc21. The molecular weight excluding hydrogens is 767 g/mol. The minimum absolute atomic E-state index is 0.111. The van der Waals surface area contributed by atoms with Crippen molar-refractivity contribution in [2.45, 2.75) is 38.5 Å². The minimum atomic E-state index is -0.111. The fraction of sp³-hybridized carbons (Fsp3) is 0.118. The Morgan fingerprint density at radius 1 is 0.466 bits per heavy atom. The molecule has 3 aromatic heterocycles. The number of carbonyl (C=O) groups is 1. The second-order valence-corrected chi connectivity index (χ2v) is 19.0. The Labute approximate surface area is 350 Å². The number of aromatic nitrogens is 2. The zero-order valence-corrected chi connectivity index (χ0v) is 34.9. The molecule has 6 aromatic carbocycles. The number of rotatable bonds is 7. The highest BCUT2D eigenvalue weighted by molar-refractivity contribution is 7.19. The fourth-order valence-electron chi connectivity index (χ4n) is 9.35. The summed E-state index contributed by atoms with van der Waals surface area (Å²) in [6, 6.07) is 53.3. The number of anilines is 3. The van der Waals surface area contributed by atoms with Crippen molar-refractivity contribution in [2.75, 3.05) is 4.90 Å².